The van der Waals surface area contributed by atoms with Gasteiger partial charge in [0.25, 0.3) is 0 Å². The molecule has 0 aromatic heterocycles. The zero-order valence-electron chi connectivity index (χ0n) is 48.0. The van der Waals surface area contributed by atoms with Crippen molar-refractivity contribution in [1.29, 1.82) is 0 Å². The molecule has 16 rings (SSSR count). The lowest BCUT2D eigenvalue weighted by Crippen LogP contribution is -2.07. The van der Waals surface area contributed by atoms with Crippen LogP contribution in [0, 0.1) is 0 Å². The smallest absolute Gasteiger partial charge is 0.200 e. The molecule has 0 amide bonds. The fraction of sp³-hybridized carbons (Fsp3) is 0.0244. The summed E-state index contributed by atoms with van der Waals surface area (Å²) >= 11 is 0. The van der Waals surface area contributed by atoms with E-state index < -0.39 is 0 Å². The number of ether oxygens (including phenoxy) is 5. The van der Waals surface area contributed by atoms with Gasteiger partial charge in [-0.1, -0.05) is 133 Å². The van der Waals surface area contributed by atoms with Crippen LogP contribution in [0.4, 0.5) is 0 Å². The van der Waals surface area contributed by atoms with Crippen molar-refractivity contribution in [3.8, 4) is 57.5 Å². The molecule has 0 unspecified atom stereocenters. The zero-order valence-corrected chi connectivity index (χ0v) is 48.0. The average molecular weight is 1150 g/mol. The van der Waals surface area contributed by atoms with Gasteiger partial charge in [0.1, 0.15) is 68.6 Å². The molecule has 1 aliphatic carbocycles. The van der Waals surface area contributed by atoms with E-state index in [0.29, 0.717) is 68.6 Å². The molecule has 15 aromatic rings. The van der Waals surface area contributed by atoms with Crippen molar-refractivity contribution in [3.63, 3.8) is 0 Å². The lowest BCUT2D eigenvalue weighted by Gasteiger charge is -2.18. The summed E-state index contributed by atoms with van der Waals surface area (Å²) in [5.74, 6) is 4.11. The molecule has 0 heterocycles. The van der Waals surface area contributed by atoms with Crippen LogP contribution in [0.15, 0.2) is 285 Å². The van der Waals surface area contributed by atoms with Gasteiger partial charge in [-0.05, 0) is 252 Å². The van der Waals surface area contributed by atoms with Crippen LogP contribution in [0.1, 0.15) is 49.4 Å². The van der Waals surface area contributed by atoms with E-state index >= 15 is 9.59 Å². The molecule has 0 radical (unpaired) electrons. The van der Waals surface area contributed by atoms with Gasteiger partial charge >= 0.3 is 0 Å². The van der Waals surface area contributed by atoms with Crippen LogP contribution in [0.3, 0.4) is 0 Å². The number of ketones is 2. The number of benzene rings is 15. The molecule has 0 atom stereocenters. The summed E-state index contributed by atoms with van der Waals surface area (Å²) in [7, 11) is 0. The summed E-state index contributed by atoms with van der Waals surface area (Å²) in [6.45, 7) is 0. The standard InChI is InChI=1S/C82H52O7/c83-81(79-75(86-70-37-30-61-40-53-12-1-4-16-57(53)44-65(61)47-70)22-10-23-76(79)87-71-38-31-62-41-54-13-2-5-17-58(54)45-66(62)48-71)51-26-33-68(34-27-51)85-69-35-28-52(29-36-69)82(84)80-77(88-72-39-32-63-42-55-14-3-6-18-59(55)46-67(63)49-72)24-11-25-78(80)89-74-21-9-20-64-43-56-15-7-8-19-60(56)50-73(64)74/h1-6,8-14,16-50H,7,15H2. The van der Waals surface area contributed by atoms with Crippen molar-refractivity contribution in [3.05, 3.63) is 319 Å². The Bertz CT molecular complexity index is 5250. The largest absolute Gasteiger partial charge is 0.457 e. The molecular formula is C82H52O7. The van der Waals surface area contributed by atoms with Crippen LogP contribution in [-0.2, 0) is 6.42 Å². The van der Waals surface area contributed by atoms with Gasteiger partial charge in [-0.2, -0.15) is 0 Å². The van der Waals surface area contributed by atoms with Gasteiger partial charge in [0.15, 0.2) is 0 Å². The minimum Gasteiger partial charge on any atom is -0.457 e. The third-order valence-corrected chi connectivity index (χ3v) is 16.8. The average Bonchev–Trinajstić information content (AvgIpc) is 3.50. The van der Waals surface area contributed by atoms with Crippen molar-refractivity contribution in [2.45, 2.75) is 12.8 Å². The van der Waals surface area contributed by atoms with Crippen LogP contribution in [0.2, 0.25) is 0 Å². The molecule has 0 bridgehead atoms. The van der Waals surface area contributed by atoms with E-state index in [4.69, 9.17) is 23.7 Å². The van der Waals surface area contributed by atoms with Crippen LogP contribution < -0.4 is 23.7 Å². The van der Waals surface area contributed by atoms with Gasteiger partial charge in [0, 0.05) is 16.5 Å². The van der Waals surface area contributed by atoms with Gasteiger partial charge < -0.3 is 23.7 Å². The molecule has 7 nitrogen and oxygen atoms in total. The molecule has 0 saturated heterocycles. The molecule has 0 aliphatic heterocycles. The third-order valence-electron chi connectivity index (χ3n) is 16.8. The summed E-state index contributed by atoms with van der Waals surface area (Å²) < 4.78 is 33.3. The number of carbonyl (C=O) groups is 2. The predicted molar refractivity (Wildman–Crippen MR) is 359 cm³/mol. The first-order valence-corrected chi connectivity index (χ1v) is 29.8. The quantitative estimate of drug-likeness (QED) is 0.0793. The highest BCUT2D eigenvalue weighted by atomic mass is 16.5. The molecule has 422 valence electrons. The molecule has 0 N–H and O–H groups in total. The van der Waals surface area contributed by atoms with Gasteiger partial charge in [-0.25, -0.2) is 0 Å². The zero-order chi connectivity index (χ0) is 59.4. The highest BCUT2D eigenvalue weighted by Gasteiger charge is 2.25. The number of aryl methyl sites for hydroxylation is 1. The highest BCUT2D eigenvalue weighted by molar-refractivity contribution is 6.14. The van der Waals surface area contributed by atoms with Gasteiger partial charge in [0.05, 0.1) is 0 Å². The lowest BCUT2D eigenvalue weighted by molar-refractivity contribution is 0.102. The Balaban J connectivity index is 0.695. The maximum Gasteiger partial charge on any atom is 0.200 e. The molecule has 15 aromatic carbocycles. The summed E-state index contributed by atoms with van der Waals surface area (Å²) in [6, 6.07) is 90.9. The van der Waals surface area contributed by atoms with E-state index in [1.54, 1.807) is 66.7 Å². The Labute approximate surface area is 512 Å². The van der Waals surface area contributed by atoms with Crippen molar-refractivity contribution in [2.24, 2.45) is 0 Å². The van der Waals surface area contributed by atoms with E-state index in [1.165, 1.54) is 5.56 Å². The fourth-order valence-corrected chi connectivity index (χ4v) is 12.3. The Morgan fingerprint density at radius 1 is 0.270 bits per heavy atom. The van der Waals surface area contributed by atoms with Crippen molar-refractivity contribution in [2.75, 3.05) is 0 Å². The molecule has 0 fully saturated rings. The van der Waals surface area contributed by atoms with Gasteiger partial charge in [-0.3, -0.25) is 9.59 Å². The SMILES string of the molecule is O=C(c1ccc(Oc2ccc(C(=O)c3c(Oc4ccc5cc6ccccc6cc5c4)cccc3Oc3cccc4cc5c(cc34)C=CCC5)cc2)cc1)c1c(Oc2ccc3cc4ccccc4cc3c2)cccc1Oc1ccc2cc3ccccc3cc2c1. The first kappa shape index (κ1) is 52.7. The van der Waals surface area contributed by atoms with Gasteiger partial charge in [-0.15, -0.1) is 0 Å². The molecule has 0 saturated carbocycles. The Kier molecular flexibility index (Phi) is 13.2. The van der Waals surface area contributed by atoms with Crippen molar-refractivity contribution >= 4 is 93.0 Å². The molecule has 89 heavy (non-hydrogen) atoms. The monoisotopic (exact) mass is 1150 g/mol. The molecule has 1 aliphatic rings. The second kappa shape index (κ2) is 22.2. The Morgan fingerprint density at radius 3 is 1.04 bits per heavy atom. The minimum absolute atomic E-state index is 0.262. The van der Waals surface area contributed by atoms with E-state index in [1.807, 2.05) is 121 Å². The maximum absolute atomic E-state index is 15.2. The summed E-state index contributed by atoms with van der Waals surface area (Å²) in [5, 5.41) is 15.1. The Hall–Kier alpha value is -11.8. The van der Waals surface area contributed by atoms with Gasteiger partial charge in [0.2, 0.25) is 11.6 Å². The summed E-state index contributed by atoms with van der Waals surface area (Å²) in [5.41, 5.74) is 3.79. The Morgan fingerprint density at radius 2 is 0.618 bits per heavy atom. The molecule has 7 heteroatoms. The van der Waals surface area contributed by atoms with Crippen LogP contribution >= 0.6 is 0 Å². The van der Waals surface area contributed by atoms with Crippen molar-refractivity contribution in [1.82, 2.24) is 0 Å². The number of carbonyl (C=O) groups excluding carboxylic acids is 2. The van der Waals surface area contributed by atoms with E-state index in [-0.39, 0.29) is 22.7 Å². The van der Waals surface area contributed by atoms with Crippen molar-refractivity contribution < 1.29 is 33.3 Å². The lowest BCUT2D eigenvalue weighted by atomic mass is 9.93. The highest BCUT2D eigenvalue weighted by Crippen LogP contribution is 2.43. The molecular weight excluding hydrogens is 1100 g/mol. The number of rotatable bonds is 14. The third kappa shape index (κ3) is 10.4. The van der Waals surface area contributed by atoms with Crippen LogP contribution in [0.25, 0.3) is 81.5 Å². The van der Waals surface area contributed by atoms with E-state index in [2.05, 4.69) is 103 Å². The molecule has 0 spiro atoms. The number of hydrogen-bond acceptors (Lipinski definition) is 7. The maximum atomic E-state index is 15.2. The fourth-order valence-electron chi connectivity index (χ4n) is 12.3. The summed E-state index contributed by atoms with van der Waals surface area (Å²) in [4.78, 5) is 30.2. The second-order valence-corrected chi connectivity index (χ2v) is 22.6. The van der Waals surface area contributed by atoms with Crippen LogP contribution in [0.5, 0.6) is 57.5 Å². The number of hydrogen-bond donors (Lipinski definition) is 0. The van der Waals surface area contributed by atoms with Crippen LogP contribution in [-0.4, -0.2) is 11.6 Å². The second-order valence-electron chi connectivity index (χ2n) is 22.6. The van der Waals surface area contributed by atoms with E-state index in [9.17, 15) is 0 Å². The topological polar surface area (TPSA) is 80.3 Å². The predicted octanol–water partition coefficient (Wildman–Crippen LogP) is 22.1. The minimum atomic E-state index is -0.304. The number of fused-ring (bicyclic) bond motifs is 8. The first-order valence-electron chi connectivity index (χ1n) is 29.8. The number of allylic oxidation sites excluding steroid dienone is 1. The first-order chi connectivity index (χ1) is 43.8. The summed E-state index contributed by atoms with van der Waals surface area (Å²) in [6.07, 6.45) is 6.36. The normalized spacial score (nSPS) is 12.0. The van der Waals surface area contributed by atoms with E-state index in [0.717, 1.165) is 93.8 Å².